The second-order valence-electron chi connectivity index (χ2n) is 14.8. The number of hydrogen-bond donors (Lipinski definition) is 3. The smallest absolute Gasteiger partial charge is 0.237 e. The van der Waals surface area contributed by atoms with Gasteiger partial charge in [0, 0.05) is 26.3 Å². The Hall–Kier alpha value is -1.18. The van der Waals surface area contributed by atoms with Crippen molar-refractivity contribution in [1.29, 1.82) is 0 Å². The predicted octanol–water partition coefficient (Wildman–Crippen LogP) is 11.6. The van der Waals surface area contributed by atoms with Crippen molar-refractivity contribution in [2.45, 2.75) is 206 Å². The molecule has 1 aromatic rings. The number of hydrogen-bond acceptors (Lipinski definition) is 5. The van der Waals surface area contributed by atoms with Gasteiger partial charge < -0.3 is 25.8 Å². The van der Waals surface area contributed by atoms with Gasteiger partial charge >= 0.3 is 0 Å². The van der Waals surface area contributed by atoms with E-state index in [9.17, 15) is 4.79 Å². The maximum absolute atomic E-state index is 13.4. The Morgan fingerprint density at radius 2 is 1.10 bits per heavy atom. The minimum atomic E-state index is -0.249. The molecule has 0 aromatic heterocycles. The lowest BCUT2D eigenvalue weighted by molar-refractivity contribution is -0.124. The van der Waals surface area contributed by atoms with Gasteiger partial charge in [-0.15, -0.1) is 12.4 Å². The van der Waals surface area contributed by atoms with Crippen molar-refractivity contribution in [3.63, 3.8) is 0 Å². The monoisotopic (exact) mass is 738 g/mol. The van der Waals surface area contributed by atoms with E-state index in [1.54, 1.807) is 0 Å². The van der Waals surface area contributed by atoms with E-state index in [0.29, 0.717) is 26.2 Å². The highest BCUT2D eigenvalue weighted by Crippen LogP contribution is 2.14. The quantitative estimate of drug-likeness (QED) is 0.0586. The fraction of sp³-hybridized carbons (Fsp3) is 0.841. The molecule has 2 atom stereocenters. The third-order valence-corrected chi connectivity index (χ3v) is 9.96. The summed E-state index contributed by atoms with van der Waals surface area (Å²) in [6.45, 7) is 8.40. The molecule has 0 saturated heterocycles. The summed E-state index contributed by atoms with van der Waals surface area (Å²) in [4.78, 5) is 13.4. The number of rotatable bonds is 39. The zero-order chi connectivity index (χ0) is 36.0. The van der Waals surface area contributed by atoms with E-state index in [2.05, 4.69) is 36.6 Å². The normalized spacial score (nSPS) is 12.5. The van der Waals surface area contributed by atoms with Crippen molar-refractivity contribution >= 4 is 18.3 Å². The summed E-state index contributed by atoms with van der Waals surface area (Å²) >= 11 is 0. The number of unbranched alkanes of at least 4 members (excludes halogenated alkanes) is 23. The molecular formula is C44H84ClN3O3. The maximum Gasteiger partial charge on any atom is 0.237 e. The van der Waals surface area contributed by atoms with Gasteiger partial charge in [0.2, 0.25) is 5.91 Å². The van der Waals surface area contributed by atoms with E-state index >= 15 is 0 Å². The van der Waals surface area contributed by atoms with Crippen molar-refractivity contribution in [3.05, 3.63) is 35.9 Å². The molecule has 0 aliphatic heterocycles. The van der Waals surface area contributed by atoms with Crippen LogP contribution < -0.4 is 16.4 Å². The summed E-state index contributed by atoms with van der Waals surface area (Å²) in [5, 5.41) is 6.69. The van der Waals surface area contributed by atoms with Crippen LogP contribution in [0.25, 0.3) is 0 Å². The van der Waals surface area contributed by atoms with Gasteiger partial charge in [0.25, 0.3) is 0 Å². The number of carbonyl (C=O) groups is 1. The molecule has 0 saturated carbocycles. The van der Waals surface area contributed by atoms with Crippen LogP contribution in [0.3, 0.4) is 0 Å². The zero-order valence-electron chi connectivity index (χ0n) is 33.6. The first-order valence-electron chi connectivity index (χ1n) is 21.7. The molecule has 0 aliphatic carbocycles. The van der Waals surface area contributed by atoms with E-state index < -0.39 is 0 Å². The molecule has 0 bridgehead atoms. The van der Waals surface area contributed by atoms with Gasteiger partial charge in [-0.25, -0.2) is 0 Å². The Labute approximate surface area is 322 Å². The van der Waals surface area contributed by atoms with E-state index in [-0.39, 0.29) is 30.5 Å². The molecule has 6 nitrogen and oxygen atoms in total. The lowest BCUT2D eigenvalue weighted by Crippen LogP contribution is -2.47. The standard InChI is InChI=1S/C44H83N3O3.ClH/c1-3-5-7-9-11-13-15-17-19-21-23-30-36-49-40-42(50-37-31-24-22-20-18-16-14-12-10-8-6-4-2)39-47-44(48)43(34-28-29-35-45)46-38-41-32-26-25-27-33-41;/h25-27,32-33,42-43,46H,3-24,28-31,34-40,45H2,1-2H3,(H,47,48);1H/t42?,43-;/m0./s1. The maximum atomic E-state index is 13.4. The average Bonchev–Trinajstić information content (AvgIpc) is 3.14. The highest BCUT2D eigenvalue weighted by atomic mass is 35.5. The van der Waals surface area contributed by atoms with Gasteiger partial charge in [0.05, 0.1) is 18.8 Å². The van der Waals surface area contributed by atoms with Crippen LogP contribution in [0.4, 0.5) is 0 Å². The number of nitrogens with one attached hydrogen (secondary N) is 2. The summed E-state index contributed by atoms with van der Waals surface area (Å²) in [7, 11) is 0. The van der Waals surface area contributed by atoms with Crippen LogP contribution in [0.2, 0.25) is 0 Å². The van der Waals surface area contributed by atoms with Crippen molar-refractivity contribution in [2.75, 3.05) is 32.9 Å². The Kier molecular flexibility index (Phi) is 39.1. The number of carbonyl (C=O) groups excluding carboxylic acids is 1. The van der Waals surface area contributed by atoms with Crippen LogP contribution in [0.1, 0.15) is 193 Å². The lowest BCUT2D eigenvalue weighted by Gasteiger charge is -2.22. The summed E-state index contributed by atoms with van der Waals surface area (Å²) in [5.74, 6) is 0.0397. The first-order valence-corrected chi connectivity index (χ1v) is 21.7. The van der Waals surface area contributed by atoms with E-state index in [0.717, 1.165) is 45.3 Å². The molecule has 1 amide bonds. The third-order valence-electron chi connectivity index (χ3n) is 9.96. The van der Waals surface area contributed by atoms with Crippen LogP contribution in [0.5, 0.6) is 0 Å². The first kappa shape index (κ1) is 49.8. The molecule has 7 heteroatoms. The molecule has 300 valence electrons. The summed E-state index contributed by atoms with van der Waals surface area (Å²) < 4.78 is 12.5. The van der Waals surface area contributed by atoms with Crippen LogP contribution in [0, 0.1) is 0 Å². The molecule has 0 radical (unpaired) electrons. The summed E-state index contributed by atoms with van der Waals surface area (Å²) in [6, 6.07) is 10.0. The number of halogens is 1. The molecular weight excluding hydrogens is 654 g/mol. The zero-order valence-corrected chi connectivity index (χ0v) is 34.4. The number of ether oxygens (including phenoxy) is 2. The van der Waals surface area contributed by atoms with Gasteiger partial charge in [-0.3, -0.25) is 4.79 Å². The largest absolute Gasteiger partial charge is 0.379 e. The van der Waals surface area contributed by atoms with Gasteiger partial charge in [0.15, 0.2) is 0 Å². The van der Waals surface area contributed by atoms with Crippen LogP contribution in [0.15, 0.2) is 30.3 Å². The highest BCUT2D eigenvalue weighted by molar-refractivity contribution is 5.85. The second-order valence-corrected chi connectivity index (χ2v) is 14.8. The molecule has 1 unspecified atom stereocenters. The SMILES string of the molecule is CCCCCCCCCCCCCCOCC(CNC(=O)[C@H](CCCCN)NCc1ccccc1)OCCCCCCCCCCCCCC.Cl. The highest BCUT2D eigenvalue weighted by Gasteiger charge is 2.19. The molecule has 0 aliphatic rings. The van der Waals surface area contributed by atoms with Crippen LogP contribution >= 0.6 is 12.4 Å². The third kappa shape index (κ3) is 33.1. The van der Waals surface area contributed by atoms with Crippen molar-refractivity contribution in [2.24, 2.45) is 5.73 Å². The minimum Gasteiger partial charge on any atom is -0.379 e. The van der Waals surface area contributed by atoms with Gasteiger partial charge in [-0.2, -0.15) is 0 Å². The van der Waals surface area contributed by atoms with Crippen molar-refractivity contribution in [3.8, 4) is 0 Å². The molecule has 1 rings (SSSR count). The van der Waals surface area contributed by atoms with Crippen LogP contribution in [-0.2, 0) is 20.8 Å². The molecule has 4 N–H and O–H groups in total. The molecule has 1 aromatic carbocycles. The number of nitrogens with two attached hydrogens (primary N) is 1. The number of benzene rings is 1. The van der Waals surface area contributed by atoms with Crippen LogP contribution in [-0.4, -0.2) is 51.0 Å². The lowest BCUT2D eigenvalue weighted by atomic mass is 10.1. The minimum absolute atomic E-state index is 0. The fourth-order valence-electron chi connectivity index (χ4n) is 6.61. The Morgan fingerprint density at radius 3 is 1.59 bits per heavy atom. The Bertz CT molecular complexity index is 831. The Morgan fingerprint density at radius 1 is 0.627 bits per heavy atom. The predicted molar refractivity (Wildman–Crippen MR) is 223 cm³/mol. The van der Waals surface area contributed by atoms with E-state index in [1.165, 1.54) is 147 Å². The topological polar surface area (TPSA) is 85.6 Å². The van der Waals surface area contributed by atoms with Crippen molar-refractivity contribution in [1.82, 2.24) is 10.6 Å². The van der Waals surface area contributed by atoms with E-state index in [1.807, 2.05) is 18.2 Å². The molecule has 0 heterocycles. The molecule has 51 heavy (non-hydrogen) atoms. The van der Waals surface area contributed by atoms with Gasteiger partial charge in [-0.1, -0.05) is 192 Å². The van der Waals surface area contributed by atoms with Gasteiger partial charge in [-0.05, 0) is 37.8 Å². The fourth-order valence-corrected chi connectivity index (χ4v) is 6.61. The van der Waals surface area contributed by atoms with E-state index in [4.69, 9.17) is 15.2 Å². The first-order chi connectivity index (χ1) is 24.7. The second kappa shape index (κ2) is 40.0. The number of amides is 1. The molecule has 0 spiro atoms. The molecule has 0 fully saturated rings. The Balaban J connectivity index is 0.0000250. The van der Waals surface area contributed by atoms with Gasteiger partial charge in [0.1, 0.15) is 0 Å². The average molecular weight is 739 g/mol. The summed E-state index contributed by atoms with van der Waals surface area (Å²) in [5.41, 5.74) is 6.93. The van der Waals surface area contributed by atoms with Crippen molar-refractivity contribution < 1.29 is 14.3 Å². The summed E-state index contributed by atoms with van der Waals surface area (Å²) in [6.07, 6.45) is 34.6.